The SMILES string of the molecule is COC(=O)N1c2ccc(-c3cnn(C4CCNCC4)c3)c(Oc3ncc(C4CC4)cn3)c2CC[C@@H]1C. The molecule has 1 aromatic carbocycles. The van der Waals surface area contributed by atoms with Crippen LogP contribution in [0.5, 0.6) is 11.8 Å². The van der Waals surface area contributed by atoms with Crippen molar-refractivity contribution in [3.8, 4) is 22.9 Å². The second-order valence-electron chi connectivity index (χ2n) is 10.0. The third-order valence-corrected chi connectivity index (χ3v) is 7.61. The summed E-state index contributed by atoms with van der Waals surface area (Å²) >= 11 is 0. The number of hydrogen-bond donors (Lipinski definition) is 1. The number of carbonyl (C=O) groups is 1. The molecule has 1 aliphatic carbocycles. The van der Waals surface area contributed by atoms with E-state index in [1.54, 1.807) is 4.90 Å². The Morgan fingerprint density at radius 1 is 1.06 bits per heavy atom. The van der Waals surface area contributed by atoms with Crippen molar-refractivity contribution < 1.29 is 14.3 Å². The summed E-state index contributed by atoms with van der Waals surface area (Å²) in [5, 5.41) is 8.11. The standard InChI is InChI=1S/C27H32N6O3/c1-17-3-6-23-24(33(17)27(34)35-2)8-7-22(20-15-31-32(16-20)21-9-11-28-12-10-21)25(23)36-26-29-13-19(14-30-26)18-4-5-18/h7-8,13-18,21,28H,3-6,9-12H2,1-2H3/t17-/m0/s1. The van der Waals surface area contributed by atoms with Gasteiger partial charge in [0.05, 0.1) is 25.0 Å². The zero-order valence-electron chi connectivity index (χ0n) is 20.8. The van der Waals surface area contributed by atoms with Gasteiger partial charge in [0.25, 0.3) is 0 Å². The predicted octanol–water partition coefficient (Wildman–Crippen LogP) is 4.84. The molecule has 188 valence electrons. The van der Waals surface area contributed by atoms with E-state index in [9.17, 15) is 4.79 Å². The molecular weight excluding hydrogens is 456 g/mol. The second kappa shape index (κ2) is 9.54. The van der Waals surface area contributed by atoms with Crippen LogP contribution in [0, 0.1) is 0 Å². The number of methoxy groups -OCH3 is 1. The minimum atomic E-state index is -0.370. The molecule has 1 saturated carbocycles. The van der Waals surface area contributed by atoms with Crippen molar-refractivity contribution in [2.75, 3.05) is 25.1 Å². The first-order valence-electron chi connectivity index (χ1n) is 12.9. The molecule has 1 saturated heterocycles. The van der Waals surface area contributed by atoms with Gasteiger partial charge in [0.15, 0.2) is 0 Å². The summed E-state index contributed by atoms with van der Waals surface area (Å²) in [5.41, 5.74) is 4.82. The zero-order valence-corrected chi connectivity index (χ0v) is 20.8. The summed E-state index contributed by atoms with van der Waals surface area (Å²) in [6, 6.07) is 4.72. The summed E-state index contributed by atoms with van der Waals surface area (Å²) in [5.74, 6) is 1.26. The molecule has 0 spiro atoms. The molecule has 2 fully saturated rings. The normalized spacial score (nSPS) is 20.2. The number of amides is 1. The lowest BCUT2D eigenvalue weighted by atomic mass is 9.92. The van der Waals surface area contributed by atoms with Gasteiger partial charge in [-0.1, -0.05) is 0 Å². The predicted molar refractivity (Wildman–Crippen MR) is 136 cm³/mol. The fraction of sp³-hybridized carbons (Fsp3) is 0.481. The van der Waals surface area contributed by atoms with Crippen molar-refractivity contribution in [3.63, 3.8) is 0 Å². The molecule has 4 heterocycles. The molecule has 9 nitrogen and oxygen atoms in total. The molecule has 2 aliphatic heterocycles. The Hall–Kier alpha value is -3.46. The minimum absolute atomic E-state index is 0.0281. The van der Waals surface area contributed by atoms with Crippen LogP contribution in [0.3, 0.4) is 0 Å². The van der Waals surface area contributed by atoms with Gasteiger partial charge in [-0.25, -0.2) is 14.8 Å². The Labute approximate surface area is 210 Å². The maximum absolute atomic E-state index is 12.7. The molecule has 1 atom stereocenters. The van der Waals surface area contributed by atoms with E-state index in [2.05, 4.69) is 26.2 Å². The minimum Gasteiger partial charge on any atom is -0.452 e. The van der Waals surface area contributed by atoms with Gasteiger partial charge in [-0.3, -0.25) is 9.58 Å². The smallest absolute Gasteiger partial charge is 0.414 e. The van der Waals surface area contributed by atoms with Crippen molar-refractivity contribution in [3.05, 3.63) is 48.0 Å². The van der Waals surface area contributed by atoms with Crippen LogP contribution < -0.4 is 15.0 Å². The van der Waals surface area contributed by atoms with Crippen LogP contribution >= 0.6 is 0 Å². The highest BCUT2D eigenvalue weighted by atomic mass is 16.5. The van der Waals surface area contributed by atoms with Gasteiger partial charge in [-0.15, -0.1) is 0 Å². The van der Waals surface area contributed by atoms with Crippen molar-refractivity contribution >= 4 is 11.8 Å². The lowest BCUT2D eigenvalue weighted by Gasteiger charge is -2.35. The monoisotopic (exact) mass is 488 g/mol. The number of aromatic nitrogens is 4. The first-order valence-corrected chi connectivity index (χ1v) is 12.9. The van der Waals surface area contributed by atoms with E-state index in [4.69, 9.17) is 14.6 Å². The molecule has 2 aromatic heterocycles. The number of piperidine rings is 1. The second-order valence-corrected chi connectivity index (χ2v) is 10.0. The first-order chi connectivity index (χ1) is 17.6. The molecular formula is C27H32N6O3. The Morgan fingerprint density at radius 2 is 1.83 bits per heavy atom. The van der Waals surface area contributed by atoms with Crippen LogP contribution in [0.1, 0.15) is 62.1 Å². The highest BCUT2D eigenvalue weighted by Gasteiger charge is 2.33. The van der Waals surface area contributed by atoms with Gasteiger partial charge in [0.2, 0.25) is 0 Å². The lowest BCUT2D eigenvalue weighted by Crippen LogP contribution is -2.42. The van der Waals surface area contributed by atoms with Crippen LogP contribution in [0.25, 0.3) is 11.1 Å². The van der Waals surface area contributed by atoms with Crippen molar-refractivity contribution in [1.82, 2.24) is 25.1 Å². The average molecular weight is 489 g/mol. The average Bonchev–Trinajstić information content (AvgIpc) is 3.65. The van der Waals surface area contributed by atoms with Crippen LogP contribution in [-0.2, 0) is 11.2 Å². The molecule has 3 aromatic rings. The Morgan fingerprint density at radius 3 is 2.56 bits per heavy atom. The van der Waals surface area contributed by atoms with E-state index in [0.717, 1.165) is 66.7 Å². The number of hydrogen-bond acceptors (Lipinski definition) is 7. The van der Waals surface area contributed by atoms with Crippen LogP contribution in [-0.4, -0.2) is 52.1 Å². The molecule has 36 heavy (non-hydrogen) atoms. The molecule has 0 unspecified atom stereocenters. The van der Waals surface area contributed by atoms with Gasteiger partial charge in [-0.05, 0) is 82.2 Å². The van der Waals surface area contributed by atoms with Crippen LogP contribution in [0.15, 0.2) is 36.9 Å². The quantitative estimate of drug-likeness (QED) is 0.549. The lowest BCUT2D eigenvalue weighted by molar-refractivity contribution is 0.175. The third-order valence-electron chi connectivity index (χ3n) is 7.61. The van der Waals surface area contributed by atoms with Crippen LogP contribution in [0.2, 0.25) is 0 Å². The topological polar surface area (TPSA) is 94.4 Å². The Bertz CT molecular complexity index is 1250. The molecule has 0 bridgehead atoms. The first kappa shape index (κ1) is 23.0. The van der Waals surface area contributed by atoms with E-state index in [0.29, 0.717) is 23.7 Å². The van der Waals surface area contributed by atoms with Crippen molar-refractivity contribution in [2.24, 2.45) is 0 Å². The summed E-state index contributed by atoms with van der Waals surface area (Å²) in [6.07, 6.45) is 13.5. The number of benzene rings is 1. The number of fused-ring (bicyclic) bond motifs is 1. The summed E-state index contributed by atoms with van der Waals surface area (Å²) in [7, 11) is 1.42. The Kier molecular flexibility index (Phi) is 6.08. The molecule has 0 radical (unpaired) electrons. The molecule has 6 rings (SSSR count). The van der Waals surface area contributed by atoms with Gasteiger partial charge in [0, 0.05) is 41.3 Å². The highest BCUT2D eigenvalue weighted by Crippen LogP contribution is 2.45. The van der Waals surface area contributed by atoms with E-state index in [1.165, 1.54) is 20.0 Å². The largest absolute Gasteiger partial charge is 0.452 e. The number of nitrogens with one attached hydrogen (secondary N) is 1. The van der Waals surface area contributed by atoms with Crippen molar-refractivity contribution in [1.29, 1.82) is 0 Å². The van der Waals surface area contributed by atoms with Gasteiger partial charge >= 0.3 is 12.1 Å². The Balaban J connectivity index is 1.41. The highest BCUT2D eigenvalue weighted by molar-refractivity contribution is 5.92. The molecule has 3 aliphatic rings. The molecule has 1 amide bonds. The number of anilines is 1. The van der Waals surface area contributed by atoms with Gasteiger partial charge in [0.1, 0.15) is 5.75 Å². The van der Waals surface area contributed by atoms with E-state index < -0.39 is 0 Å². The fourth-order valence-corrected chi connectivity index (χ4v) is 5.37. The zero-order chi connectivity index (χ0) is 24.6. The number of rotatable bonds is 5. The van der Waals surface area contributed by atoms with Gasteiger partial charge < -0.3 is 14.8 Å². The van der Waals surface area contributed by atoms with E-state index >= 15 is 0 Å². The van der Waals surface area contributed by atoms with E-state index in [-0.39, 0.29) is 12.1 Å². The summed E-state index contributed by atoms with van der Waals surface area (Å²) in [4.78, 5) is 23.4. The maximum atomic E-state index is 12.7. The summed E-state index contributed by atoms with van der Waals surface area (Å²) < 4.78 is 13.6. The molecule has 9 heteroatoms. The maximum Gasteiger partial charge on any atom is 0.414 e. The molecule has 1 N–H and O–H groups in total. The van der Waals surface area contributed by atoms with Crippen LogP contribution in [0.4, 0.5) is 10.5 Å². The number of carbonyl (C=O) groups excluding carboxylic acids is 1. The number of ether oxygens (including phenoxy) is 2. The van der Waals surface area contributed by atoms with E-state index in [1.807, 2.05) is 37.6 Å². The summed E-state index contributed by atoms with van der Waals surface area (Å²) in [6.45, 7) is 4.04. The number of nitrogens with zero attached hydrogens (tertiary/aromatic N) is 5. The van der Waals surface area contributed by atoms with Crippen molar-refractivity contribution in [2.45, 2.75) is 63.5 Å². The fourth-order valence-electron chi connectivity index (χ4n) is 5.37. The van der Waals surface area contributed by atoms with Gasteiger partial charge in [-0.2, -0.15) is 5.10 Å². The third kappa shape index (κ3) is 4.32.